The molecule has 23 heavy (non-hydrogen) atoms. The number of carboxylic acids is 1. The molecule has 0 saturated carbocycles. The van der Waals surface area contributed by atoms with E-state index in [4.69, 9.17) is 5.11 Å². The van der Waals surface area contributed by atoms with Gasteiger partial charge in [-0.05, 0) is 43.0 Å². The standard InChI is InChI=1S/C17H19NO3S2/c1-11-3-6-14(23-11)9-16(19)18-15(10-17(20)21)12-4-7-13(22-2)8-5-12/h3-8,15H,9-10H2,1-2H3,(H,18,19)(H,20,21). The highest BCUT2D eigenvalue weighted by atomic mass is 32.2. The van der Waals surface area contributed by atoms with Crippen LogP contribution in [-0.4, -0.2) is 23.2 Å². The molecule has 2 rings (SSSR count). The number of nitrogens with one attached hydrogen (secondary N) is 1. The third-order valence-corrected chi connectivity index (χ3v) is 5.11. The van der Waals surface area contributed by atoms with Gasteiger partial charge in [0.2, 0.25) is 5.91 Å². The Labute approximate surface area is 143 Å². The quantitative estimate of drug-likeness (QED) is 0.749. The molecule has 1 atom stereocenters. The molecular weight excluding hydrogens is 330 g/mol. The second-order valence-corrected chi connectivity index (χ2v) is 7.43. The number of aryl methyl sites for hydroxylation is 1. The summed E-state index contributed by atoms with van der Waals surface area (Å²) in [4.78, 5) is 26.5. The van der Waals surface area contributed by atoms with Gasteiger partial charge in [-0.15, -0.1) is 23.1 Å². The van der Waals surface area contributed by atoms with Crippen LogP contribution in [0.25, 0.3) is 0 Å². The number of hydrogen-bond donors (Lipinski definition) is 2. The van der Waals surface area contributed by atoms with Crippen molar-refractivity contribution in [2.24, 2.45) is 0 Å². The number of amides is 1. The van der Waals surface area contributed by atoms with E-state index in [-0.39, 0.29) is 18.7 Å². The fraction of sp³-hybridized carbons (Fsp3) is 0.294. The first kappa shape index (κ1) is 17.6. The smallest absolute Gasteiger partial charge is 0.305 e. The lowest BCUT2D eigenvalue weighted by atomic mass is 10.0. The molecule has 0 radical (unpaired) electrons. The number of aliphatic carboxylic acids is 1. The second-order valence-electron chi connectivity index (χ2n) is 5.18. The maximum absolute atomic E-state index is 12.2. The first-order chi connectivity index (χ1) is 11.0. The van der Waals surface area contributed by atoms with Gasteiger partial charge < -0.3 is 10.4 Å². The minimum Gasteiger partial charge on any atom is -0.481 e. The minimum atomic E-state index is -0.934. The second kappa shape index (κ2) is 8.17. The van der Waals surface area contributed by atoms with E-state index in [0.29, 0.717) is 0 Å². The summed E-state index contributed by atoms with van der Waals surface area (Å²) in [6, 6.07) is 11.0. The minimum absolute atomic E-state index is 0.131. The fourth-order valence-electron chi connectivity index (χ4n) is 2.25. The number of hydrogen-bond acceptors (Lipinski definition) is 4. The van der Waals surface area contributed by atoms with Crippen molar-refractivity contribution in [2.75, 3.05) is 6.26 Å². The largest absolute Gasteiger partial charge is 0.481 e. The Hall–Kier alpha value is -1.79. The van der Waals surface area contributed by atoms with Crippen molar-refractivity contribution < 1.29 is 14.7 Å². The van der Waals surface area contributed by atoms with Crippen molar-refractivity contribution in [2.45, 2.75) is 30.7 Å². The maximum atomic E-state index is 12.2. The summed E-state index contributed by atoms with van der Waals surface area (Å²) in [5.74, 6) is -1.09. The fourth-order valence-corrected chi connectivity index (χ4v) is 3.54. The van der Waals surface area contributed by atoms with Gasteiger partial charge in [-0.3, -0.25) is 9.59 Å². The Morgan fingerprint density at radius 2 is 1.91 bits per heavy atom. The van der Waals surface area contributed by atoms with E-state index < -0.39 is 12.0 Å². The Balaban J connectivity index is 2.07. The van der Waals surface area contributed by atoms with Crippen LogP contribution in [0.2, 0.25) is 0 Å². The van der Waals surface area contributed by atoms with E-state index in [1.165, 1.54) is 0 Å². The molecule has 0 aliphatic carbocycles. The van der Waals surface area contributed by atoms with Gasteiger partial charge in [-0.2, -0.15) is 0 Å². The summed E-state index contributed by atoms with van der Waals surface area (Å²) in [6.45, 7) is 1.99. The molecule has 2 aromatic rings. The molecule has 122 valence electrons. The van der Waals surface area contributed by atoms with Crippen molar-refractivity contribution >= 4 is 35.0 Å². The molecule has 0 spiro atoms. The van der Waals surface area contributed by atoms with Gasteiger partial charge >= 0.3 is 5.97 Å². The van der Waals surface area contributed by atoms with Crippen LogP contribution in [-0.2, 0) is 16.0 Å². The topological polar surface area (TPSA) is 66.4 Å². The number of rotatable bonds is 7. The van der Waals surface area contributed by atoms with Crippen LogP contribution in [0.5, 0.6) is 0 Å². The highest BCUT2D eigenvalue weighted by Crippen LogP contribution is 2.22. The molecule has 4 nitrogen and oxygen atoms in total. The molecular formula is C17H19NO3S2. The van der Waals surface area contributed by atoms with Gasteiger partial charge in [0, 0.05) is 14.6 Å². The number of benzene rings is 1. The van der Waals surface area contributed by atoms with E-state index in [0.717, 1.165) is 20.2 Å². The molecule has 0 saturated heterocycles. The van der Waals surface area contributed by atoms with E-state index in [1.807, 2.05) is 49.6 Å². The number of thiophene rings is 1. The van der Waals surface area contributed by atoms with Crippen molar-refractivity contribution in [1.82, 2.24) is 5.32 Å². The molecule has 1 aromatic carbocycles. The zero-order valence-corrected chi connectivity index (χ0v) is 14.7. The highest BCUT2D eigenvalue weighted by Gasteiger charge is 2.18. The zero-order valence-electron chi connectivity index (χ0n) is 13.0. The predicted octanol–water partition coefficient (Wildman–Crippen LogP) is 3.65. The van der Waals surface area contributed by atoms with Crippen molar-refractivity contribution in [3.63, 3.8) is 0 Å². The van der Waals surface area contributed by atoms with Gasteiger partial charge in [0.1, 0.15) is 0 Å². The SMILES string of the molecule is CSc1ccc(C(CC(=O)O)NC(=O)Cc2ccc(C)s2)cc1. The molecule has 6 heteroatoms. The van der Waals surface area contributed by atoms with Crippen LogP contribution >= 0.6 is 23.1 Å². The molecule has 1 unspecified atom stereocenters. The van der Waals surface area contributed by atoms with Gasteiger partial charge in [0.15, 0.2) is 0 Å². The monoisotopic (exact) mass is 349 g/mol. The van der Waals surface area contributed by atoms with Gasteiger partial charge in [-0.25, -0.2) is 0 Å². The Morgan fingerprint density at radius 1 is 1.22 bits per heavy atom. The summed E-state index contributed by atoms with van der Waals surface area (Å²) < 4.78 is 0. The molecule has 0 aliphatic heterocycles. The number of carbonyl (C=O) groups excluding carboxylic acids is 1. The Morgan fingerprint density at radius 3 is 2.43 bits per heavy atom. The summed E-state index contributed by atoms with van der Waals surface area (Å²) in [7, 11) is 0. The molecule has 1 heterocycles. The average molecular weight is 349 g/mol. The number of carboxylic acid groups (broad SMARTS) is 1. The first-order valence-corrected chi connectivity index (χ1v) is 9.22. The first-order valence-electron chi connectivity index (χ1n) is 7.18. The number of thioether (sulfide) groups is 1. The third-order valence-electron chi connectivity index (χ3n) is 3.36. The lowest BCUT2D eigenvalue weighted by Crippen LogP contribution is -2.31. The Bertz CT molecular complexity index is 679. The van der Waals surface area contributed by atoms with Crippen LogP contribution in [0, 0.1) is 6.92 Å². The van der Waals surface area contributed by atoms with Crippen LogP contribution < -0.4 is 5.32 Å². The van der Waals surface area contributed by atoms with Gasteiger partial charge in [0.25, 0.3) is 0 Å². The third kappa shape index (κ3) is 5.41. The van der Waals surface area contributed by atoms with Crippen LogP contribution in [0.4, 0.5) is 0 Å². The molecule has 0 aliphatic rings. The van der Waals surface area contributed by atoms with Crippen LogP contribution in [0.15, 0.2) is 41.3 Å². The summed E-state index contributed by atoms with van der Waals surface area (Å²) in [5.41, 5.74) is 0.806. The molecule has 0 bridgehead atoms. The molecule has 1 amide bonds. The van der Waals surface area contributed by atoms with Crippen molar-refractivity contribution in [3.8, 4) is 0 Å². The van der Waals surface area contributed by atoms with Crippen LogP contribution in [0.3, 0.4) is 0 Å². The van der Waals surface area contributed by atoms with Gasteiger partial charge in [0.05, 0.1) is 18.9 Å². The summed E-state index contributed by atoms with van der Waals surface area (Å²) in [6.07, 6.45) is 2.12. The normalized spacial score (nSPS) is 11.9. The summed E-state index contributed by atoms with van der Waals surface area (Å²) in [5, 5.41) is 11.9. The maximum Gasteiger partial charge on any atom is 0.305 e. The lowest BCUT2D eigenvalue weighted by Gasteiger charge is -2.17. The lowest BCUT2D eigenvalue weighted by molar-refractivity contribution is -0.137. The van der Waals surface area contributed by atoms with E-state index >= 15 is 0 Å². The average Bonchev–Trinajstić information content (AvgIpc) is 2.91. The Kier molecular flexibility index (Phi) is 6.24. The zero-order chi connectivity index (χ0) is 16.8. The molecule has 2 N–H and O–H groups in total. The van der Waals surface area contributed by atoms with Crippen LogP contribution in [0.1, 0.15) is 27.8 Å². The number of carbonyl (C=O) groups is 2. The van der Waals surface area contributed by atoms with Crippen molar-refractivity contribution in [1.29, 1.82) is 0 Å². The van der Waals surface area contributed by atoms with Crippen molar-refractivity contribution in [3.05, 3.63) is 51.7 Å². The van der Waals surface area contributed by atoms with E-state index in [1.54, 1.807) is 23.1 Å². The highest BCUT2D eigenvalue weighted by molar-refractivity contribution is 7.98. The summed E-state index contributed by atoms with van der Waals surface area (Å²) >= 11 is 3.20. The molecule has 0 fully saturated rings. The predicted molar refractivity (Wildman–Crippen MR) is 94.1 cm³/mol. The molecule has 1 aromatic heterocycles. The van der Waals surface area contributed by atoms with E-state index in [2.05, 4.69) is 5.32 Å². The van der Waals surface area contributed by atoms with Gasteiger partial charge in [-0.1, -0.05) is 12.1 Å². The van der Waals surface area contributed by atoms with E-state index in [9.17, 15) is 9.59 Å².